The van der Waals surface area contributed by atoms with E-state index in [0.29, 0.717) is 0 Å². The van der Waals surface area contributed by atoms with Gasteiger partial charge in [-0.2, -0.15) is 0 Å². The van der Waals surface area contributed by atoms with Crippen LogP contribution in [0.1, 0.15) is 47.2 Å². The molecule has 5 heteroatoms. The Hall–Kier alpha value is -6.07. The molecule has 7 aromatic carbocycles. The standard InChI is InChI=1S/C47H32F3NO/c1-45(2)39-15-7-3-11-33(39)37-25-21-30(27-43(37)45)51(29-19-23-32(24-20-29)52-47(48,49)50)31-22-26-38-36-14-6-10-18-42(36)46(44(38)28-31)40-16-8-4-12-34(40)35-13-5-9-17-41(35)46/h3-28H,1-2H3. The van der Waals surface area contributed by atoms with Gasteiger partial charge in [-0.15, -0.1) is 13.2 Å². The van der Waals surface area contributed by atoms with Crippen molar-refractivity contribution in [1.82, 2.24) is 0 Å². The van der Waals surface area contributed by atoms with Gasteiger partial charge in [0.1, 0.15) is 5.75 Å². The van der Waals surface area contributed by atoms with Gasteiger partial charge in [0.15, 0.2) is 0 Å². The van der Waals surface area contributed by atoms with E-state index in [1.165, 1.54) is 78.9 Å². The molecule has 1 spiro atoms. The molecular weight excluding hydrogens is 652 g/mol. The highest BCUT2D eigenvalue weighted by Crippen LogP contribution is 2.63. The molecule has 0 saturated heterocycles. The van der Waals surface area contributed by atoms with E-state index in [2.05, 4.69) is 157 Å². The molecule has 252 valence electrons. The maximum absolute atomic E-state index is 13.2. The Kier molecular flexibility index (Phi) is 6.34. The van der Waals surface area contributed by atoms with E-state index in [4.69, 9.17) is 0 Å². The van der Waals surface area contributed by atoms with Crippen LogP contribution in [-0.4, -0.2) is 6.36 Å². The van der Waals surface area contributed by atoms with Crippen molar-refractivity contribution in [3.05, 3.63) is 191 Å². The van der Waals surface area contributed by atoms with Crippen molar-refractivity contribution in [3.8, 4) is 39.1 Å². The van der Waals surface area contributed by atoms with E-state index in [1.54, 1.807) is 12.1 Å². The summed E-state index contributed by atoms with van der Waals surface area (Å²) < 4.78 is 43.9. The quantitative estimate of drug-likeness (QED) is 0.183. The molecule has 3 aliphatic rings. The van der Waals surface area contributed by atoms with Gasteiger partial charge in [0.25, 0.3) is 0 Å². The summed E-state index contributed by atoms with van der Waals surface area (Å²) >= 11 is 0. The Morgan fingerprint density at radius 3 is 1.31 bits per heavy atom. The predicted octanol–water partition coefficient (Wildman–Crippen LogP) is 12.7. The molecule has 52 heavy (non-hydrogen) atoms. The zero-order valence-corrected chi connectivity index (χ0v) is 28.5. The molecule has 0 N–H and O–H groups in total. The number of benzene rings is 7. The van der Waals surface area contributed by atoms with Crippen LogP contribution in [0.2, 0.25) is 0 Å². The number of rotatable bonds is 4. The van der Waals surface area contributed by atoms with Crippen molar-refractivity contribution >= 4 is 17.1 Å². The molecule has 0 unspecified atom stereocenters. The molecule has 0 radical (unpaired) electrons. The first kappa shape index (κ1) is 30.7. The summed E-state index contributed by atoms with van der Waals surface area (Å²) in [4.78, 5) is 2.15. The lowest BCUT2D eigenvalue weighted by Crippen LogP contribution is -2.26. The van der Waals surface area contributed by atoms with Crippen LogP contribution < -0.4 is 9.64 Å². The number of hydrogen-bond donors (Lipinski definition) is 0. The SMILES string of the molecule is CC1(C)c2ccccc2-c2ccc(N(c3ccc(OC(F)(F)F)cc3)c3ccc4c(c3)C3(c5ccccc5-c5ccccc53)c3ccccc3-4)cc21. The summed E-state index contributed by atoms with van der Waals surface area (Å²) in [6.07, 6.45) is -4.78. The van der Waals surface area contributed by atoms with Gasteiger partial charge < -0.3 is 9.64 Å². The fourth-order valence-corrected chi connectivity index (χ4v) is 9.30. The van der Waals surface area contributed by atoms with Crippen LogP contribution in [0.5, 0.6) is 5.75 Å². The van der Waals surface area contributed by atoms with E-state index in [9.17, 15) is 13.2 Å². The van der Waals surface area contributed by atoms with E-state index in [-0.39, 0.29) is 11.2 Å². The first-order valence-electron chi connectivity index (χ1n) is 17.5. The fourth-order valence-electron chi connectivity index (χ4n) is 9.30. The molecule has 0 fully saturated rings. The van der Waals surface area contributed by atoms with E-state index in [0.717, 1.165) is 17.1 Å². The molecule has 0 amide bonds. The third-order valence-corrected chi connectivity index (χ3v) is 11.4. The molecule has 0 heterocycles. The van der Waals surface area contributed by atoms with Gasteiger partial charge in [-0.05, 0) is 115 Å². The molecule has 0 saturated carbocycles. The van der Waals surface area contributed by atoms with Crippen molar-refractivity contribution < 1.29 is 17.9 Å². The number of halogens is 3. The Morgan fingerprint density at radius 2 is 0.808 bits per heavy atom. The van der Waals surface area contributed by atoms with Crippen molar-refractivity contribution in [2.75, 3.05) is 4.90 Å². The number of fused-ring (bicyclic) bond motifs is 13. The van der Waals surface area contributed by atoms with Gasteiger partial charge in [0.05, 0.1) is 5.41 Å². The first-order valence-corrected chi connectivity index (χ1v) is 17.5. The van der Waals surface area contributed by atoms with Crippen molar-refractivity contribution in [1.29, 1.82) is 0 Å². The molecule has 0 atom stereocenters. The number of anilines is 3. The van der Waals surface area contributed by atoms with Crippen molar-refractivity contribution in [2.45, 2.75) is 31.0 Å². The number of nitrogens with zero attached hydrogens (tertiary/aromatic N) is 1. The second-order valence-electron chi connectivity index (χ2n) is 14.4. The van der Waals surface area contributed by atoms with Crippen LogP contribution in [0.4, 0.5) is 30.2 Å². The molecule has 7 aromatic rings. The Bertz CT molecular complexity index is 2520. The lowest BCUT2D eigenvalue weighted by molar-refractivity contribution is -0.274. The summed E-state index contributed by atoms with van der Waals surface area (Å²) in [5.41, 5.74) is 16.4. The van der Waals surface area contributed by atoms with E-state index < -0.39 is 11.8 Å². The molecular formula is C47H32F3NO. The van der Waals surface area contributed by atoms with Gasteiger partial charge in [-0.25, -0.2) is 0 Å². The highest BCUT2D eigenvalue weighted by atomic mass is 19.4. The average molecular weight is 684 g/mol. The minimum atomic E-state index is -4.78. The predicted molar refractivity (Wildman–Crippen MR) is 202 cm³/mol. The van der Waals surface area contributed by atoms with Gasteiger partial charge in [0.2, 0.25) is 0 Å². The van der Waals surface area contributed by atoms with Crippen molar-refractivity contribution in [2.24, 2.45) is 0 Å². The maximum Gasteiger partial charge on any atom is 0.573 e. The van der Waals surface area contributed by atoms with Gasteiger partial charge >= 0.3 is 6.36 Å². The van der Waals surface area contributed by atoms with Crippen molar-refractivity contribution in [3.63, 3.8) is 0 Å². The molecule has 0 bridgehead atoms. The zero-order chi connectivity index (χ0) is 35.4. The molecule has 3 aliphatic carbocycles. The van der Waals surface area contributed by atoms with Crippen LogP contribution in [-0.2, 0) is 10.8 Å². The number of alkyl halides is 3. The second-order valence-corrected chi connectivity index (χ2v) is 14.4. The third-order valence-electron chi connectivity index (χ3n) is 11.4. The fraction of sp³-hybridized carbons (Fsp3) is 0.106. The number of ether oxygens (including phenoxy) is 1. The van der Waals surface area contributed by atoms with Crippen LogP contribution in [0.3, 0.4) is 0 Å². The van der Waals surface area contributed by atoms with Gasteiger partial charge in [0, 0.05) is 22.5 Å². The van der Waals surface area contributed by atoms with Gasteiger partial charge in [-0.1, -0.05) is 123 Å². The summed E-state index contributed by atoms with van der Waals surface area (Å²) in [5, 5.41) is 0. The normalized spacial score (nSPS) is 14.9. The molecule has 10 rings (SSSR count). The molecule has 0 aromatic heterocycles. The van der Waals surface area contributed by atoms with Crippen LogP contribution >= 0.6 is 0 Å². The summed E-state index contributed by atoms with van der Waals surface area (Å²) in [6, 6.07) is 54.0. The van der Waals surface area contributed by atoms with Gasteiger partial charge in [-0.3, -0.25) is 0 Å². The average Bonchev–Trinajstić information content (AvgIpc) is 3.71. The summed E-state index contributed by atoms with van der Waals surface area (Å²) in [6.45, 7) is 4.50. The highest BCUT2D eigenvalue weighted by molar-refractivity contribution is 5.96. The zero-order valence-electron chi connectivity index (χ0n) is 28.5. The summed E-state index contributed by atoms with van der Waals surface area (Å²) in [7, 11) is 0. The van der Waals surface area contributed by atoms with E-state index in [1.807, 2.05) is 0 Å². The Morgan fingerprint density at radius 1 is 0.423 bits per heavy atom. The molecule has 0 aliphatic heterocycles. The lowest BCUT2D eigenvalue weighted by Gasteiger charge is -2.32. The smallest absolute Gasteiger partial charge is 0.406 e. The Labute approximate surface area is 300 Å². The van der Waals surface area contributed by atoms with E-state index >= 15 is 0 Å². The topological polar surface area (TPSA) is 12.5 Å². The largest absolute Gasteiger partial charge is 0.573 e. The van der Waals surface area contributed by atoms with Crippen LogP contribution in [0, 0.1) is 0 Å². The van der Waals surface area contributed by atoms with Crippen LogP contribution in [0.25, 0.3) is 33.4 Å². The Balaban J connectivity index is 1.21. The third kappa shape index (κ3) is 4.19. The lowest BCUT2D eigenvalue weighted by atomic mass is 9.70. The second kappa shape index (κ2) is 10.7. The minimum Gasteiger partial charge on any atom is -0.406 e. The number of hydrogen-bond acceptors (Lipinski definition) is 2. The van der Waals surface area contributed by atoms with Crippen LogP contribution in [0.15, 0.2) is 158 Å². The first-order chi connectivity index (χ1) is 25.2. The monoisotopic (exact) mass is 683 g/mol. The maximum atomic E-state index is 13.2. The molecule has 2 nitrogen and oxygen atoms in total. The highest BCUT2D eigenvalue weighted by Gasteiger charge is 2.51. The summed E-state index contributed by atoms with van der Waals surface area (Å²) in [5.74, 6) is -0.260. The minimum absolute atomic E-state index is 0.237.